The topological polar surface area (TPSA) is 92.4 Å². The highest BCUT2D eigenvalue weighted by Crippen LogP contribution is 2.40. The minimum absolute atomic E-state index is 0.0233. The summed E-state index contributed by atoms with van der Waals surface area (Å²) in [5, 5.41) is 11.9. The second kappa shape index (κ2) is 6.72. The Bertz CT molecular complexity index is 492. The summed E-state index contributed by atoms with van der Waals surface area (Å²) in [6.07, 6.45) is 3.06. The quantitative estimate of drug-likeness (QED) is 0.714. The fourth-order valence-corrected chi connectivity index (χ4v) is 2.71. The van der Waals surface area contributed by atoms with Gasteiger partial charge in [0.25, 0.3) is 0 Å². The van der Waals surface area contributed by atoms with E-state index in [0.717, 1.165) is 24.8 Å². The van der Waals surface area contributed by atoms with Gasteiger partial charge in [0.2, 0.25) is 5.91 Å². The van der Waals surface area contributed by atoms with Crippen LogP contribution in [0.4, 0.5) is 0 Å². The molecule has 1 unspecified atom stereocenters. The predicted molar refractivity (Wildman–Crippen MR) is 79.5 cm³/mol. The largest absolute Gasteiger partial charge is 0.481 e. The number of carboxylic acid groups (broad SMARTS) is 1. The number of amides is 1. The molecule has 0 radical (unpaired) electrons. The molecule has 1 fully saturated rings. The van der Waals surface area contributed by atoms with Gasteiger partial charge in [-0.2, -0.15) is 0 Å². The fraction of sp³-hybridized carbons (Fsp3) is 0.500. The predicted octanol–water partition coefficient (Wildman–Crippen LogP) is 1.84. The molecular formula is C16H22N2O3. The lowest BCUT2D eigenvalue weighted by Crippen LogP contribution is -2.51. The number of benzene rings is 1. The minimum Gasteiger partial charge on any atom is -0.481 e. The first-order valence-corrected chi connectivity index (χ1v) is 7.35. The van der Waals surface area contributed by atoms with Crippen LogP contribution in [0.1, 0.15) is 43.7 Å². The summed E-state index contributed by atoms with van der Waals surface area (Å²) in [5.74, 6) is -0.905. The molecule has 2 rings (SSSR count). The van der Waals surface area contributed by atoms with E-state index in [1.807, 2.05) is 30.3 Å². The van der Waals surface area contributed by atoms with Gasteiger partial charge in [0.05, 0.1) is 11.5 Å². The Morgan fingerprint density at radius 1 is 1.29 bits per heavy atom. The van der Waals surface area contributed by atoms with Crippen LogP contribution in [0.3, 0.4) is 0 Å². The first-order valence-electron chi connectivity index (χ1n) is 7.35. The van der Waals surface area contributed by atoms with Crippen LogP contribution in [-0.4, -0.2) is 23.5 Å². The zero-order chi connectivity index (χ0) is 15.3. The maximum absolute atomic E-state index is 12.5. The highest BCUT2D eigenvalue weighted by molar-refractivity contribution is 5.84. The molecule has 1 aromatic rings. The molecule has 0 bridgehead atoms. The van der Waals surface area contributed by atoms with E-state index in [2.05, 4.69) is 5.32 Å². The van der Waals surface area contributed by atoms with E-state index >= 15 is 0 Å². The molecule has 1 aliphatic carbocycles. The molecule has 0 aliphatic heterocycles. The Morgan fingerprint density at radius 2 is 1.95 bits per heavy atom. The lowest BCUT2D eigenvalue weighted by atomic mass is 9.68. The second-order valence-corrected chi connectivity index (χ2v) is 5.71. The van der Waals surface area contributed by atoms with Gasteiger partial charge in [0.15, 0.2) is 0 Å². The molecule has 21 heavy (non-hydrogen) atoms. The molecule has 4 N–H and O–H groups in total. The first-order chi connectivity index (χ1) is 10.1. The van der Waals surface area contributed by atoms with Crippen LogP contribution in [0.25, 0.3) is 0 Å². The molecule has 114 valence electrons. The van der Waals surface area contributed by atoms with E-state index in [4.69, 9.17) is 10.8 Å². The van der Waals surface area contributed by atoms with Gasteiger partial charge < -0.3 is 16.2 Å². The highest BCUT2D eigenvalue weighted by Gasteiger charge is 2.43. The van der Waals surface area contributed by atoms with Crippen molar-refractivity contribution in [2.75, 3.05) is 6.54 Å². The van der Waals surface area contributed by atoms with Crippen molar-refractivity contribution in [3.05, 3.63) is 35.9 Å². The third-order valence-corrected chi connectivity index (χ3v) is 4.34. The van der Waals surface area contributed by atoms with E-state index in [9.17, 15) is 9.59 Å². The molecule has 0 heterocycles. The standard InChI is InChI=1S/C16H22N2O3/c17-11-16(9-4-10-16)15(21)18-13(7-8-14(19)20)12-5-2-1-3-6-12/h1-3,5-6,13H,4,7-11,17H2,(H,18,21)(H,19,20). The maximum Gasteiger partial charge on any atom is 0.303 e. The lowest BCUT2D eigenvalue weighted by Gasteiger charge is -2.40. The number of rotatable bonds is 7. The smallest absolute Gasteiger partial charge is 0.303 e. The van der Waals surface area contributed by atoms with Gasteiger partial charge in [-0.15, -0.1) is 0 Å². The van der Waals surface area contributed by atoms with Crippen molar-refractivity contribution >= 4 is 11.9 Å². The average Bonchev–Trinajstić information content (AvgIpc) is 2.43. The third kappa shape index (κ3) is 3.61. The third-order valence-electron chi connectivity index (χ3n) is 4.34. The molecule has 0 spiro atoms. The van der Waals surface area contributed by atoms with Crippen LogP contribution in [-0.2, 0) is 9.59 Å². The first kappa shape index (κ1) is 15.5. The van der Waals surface area contributed by atoms with Crippen LogP contribution in [0, 0.1) is 5.41 Å². The number of carbonyl (C=O) groups excluding carboxylic acids is 1. The van der Waals surface area contributed by atoms with E-state index in [1.54, 1.807) is 0 Å². The van der Waals surface area contributed by atoms with Gasteiger partial charge in [0.1, 0.15) is 0 Å². The van der Waals surface area contributed by atoms with E-state index in [-0.39, 0.29) is 18.4 Å². The van der Waals surface area contributed by atoms with Gasteiger partial charge >= 0.3 is 5.97 Å². The van der Waals surface area contributed by atoms with Crippen LogP contribution < -0.4 is 11.1 Å². The number of aliphatic carboxylic acids is 1. The molecule has 1 saturated carbocycles. The minimum atomic E-state index is -0.859. The van der Waals surface area contributed by atoms with Crippen molar-refractivity contribution in [2.24, 2.45) is 11.1 Å². The number of nitrogens with two attached hydrogens (primary N) is 1. The SMILES string of the molecule is NCC1(C(=O)NC(CCC(=O)O)c2ccccc2)CCC1. The molecule has 0 saturated heterocycles. The van der Waals surface area contributed by atoms with Crippen molar-refractivity contribution in [2.45, 2.75) is 38.1 Å². The van der Waals surface area contributed by atoms with Crippen molar-refractivity contribution < 1.29 is 14.7 Å². The van der Waals surface area contributed by atoms with Crippen molar-refractivity contribution in [3.8, 4) is 0 Å². The van der Waals surface area contributed by atoms with E-state index < -0.39 is 11.4 Å². The summed E-state index contributed by atoms with van der Waals surface area (Å²) in [7, 11) is 0. The Hall–Kier alpha value is -1.88. The van der Waals surface area contributed by atoms with Crippen LogP contribution in [0.2, 0.25) is 0 Å². The maximum atomic E-state index is 12.5. The number of carbonyl (C=O) groups is 2. The summed E-state index contributed by atoms with van der Waals surface area (Å²) >= 11 is 0. The van der Waals surface area contributed by atoms with Crippen molar-refractivity contribution in [1.82, 2.24) is 5.32 Å². The number of hydrogen-bond acceptors (Lipinski definition) is 3. The van der Waals surface area contributed by atoms with Gasteiger partial charge in [0, 0.05) is 13.0 Å². The average molecular weight is 290 g/mol. The number of nitrogens with one attached hydrogen (secondary N) is 1. The molecule has 0 aromatic heterocycles. The van der Waals surface area contributed by atoms with E-state index in [1.165, 1.54) is 0 Å². The van der Waals surface area contributed by atoms with E-state index in [0.29, 0.717) is 13.0 Å². The van der Waals surface area contributed by atoms with Crippen LogP contribution in [0.15, 0.2) is 30.3 Å². The zero-order valence-corrected chi connectivity index (χ0v) is 12.0. The summed E-state index contributed by atoms with van der Waals surface area (Å²) in [4.78, 5) is 23.3. The van der Waals surface area contributed by atoms with Crippen molar-refractivity contribution in [1.29, 1.82) is 0 Å². The Morgan fingerprint density at radius 3 is 2.43 bits per heavy atom. The lowest BCUT2D eigenvalue weighted by molar-refractivity contribution is -0.139. The summed E-state index contributed by atoms with van der Waals surface area (Å²) in [6, 6.07) is 9.20. The normalized spacial score (nSPS) is 17.6. The Kier molecular flexibility index (Phi) is 4.96. The molecule has 5 nitrogen and oxygen atoms in total. The second-order valence-electron chi connectivity index (χ2n) is 5.71. The number of carboxylic acids is 1. The molecular weight excluding hydrogens is 268 g/mol. The monoisotopic (exact) mass is 290 g/mol. The summed E-state index contributed by atoms with van der Waals surface area (Å²) in [6.45, 7) is 0.347. The molecule has 1 atom stereocenters. The van der Waals surface area contributed by atoms with Gasteiger partial charge in [-0.05, 0) is 24.8 Å². The zero-order valence-electron chi connectivity index (χ0n) is 12.0. The van der Waals surface area contributed by atoms with Gasteiger partial charge in [-0.3, -0.25) is 9.59 Å². The Balaban J connectivity index is 2.08. The van der Waals surface area contributed by atoms with Crippen LogP contribution >= 0.6 is 0 Å². The molecule has 1 amide bonds. The Labute approximate surface area is 124 Å². The molecule has 5 heteroatoms. The highest BCUT2D eigenvalue weighted by atomic mass is 16.4. The summed E-state index contributed by atoms with van der Waals surface area (Å²) < 4.78 is 0. The van der Waals surface area contributed by atoms with Crippen LogP contribution in [0.5, 0.6) is 0 Å². The van der Waals surface area contributed by atoms with Crippen molar-refractivity contribution in [3.63, 3.8) is 0 Å². The number of hydrogen-bond donors (Lipinski definition) is 3. The molecule has 1 aromatic carbocycles. The fourth-order valence-electron chi connectivity index (χ4n) is 2.71. The molecule has 1 aliphatic rings. The van der Waals surface area contributed by atoms with Gasteiger partial charge in [-0.25, -0.2) is 0 Å². The van der Waals surface area contributed by atoms with Gasteiger partial charge in [-0.1, -0.05) is 36.8 Å². The summed E-state index contributed by atoms with van der Waals surface area (Å²) in [5.41, 5.74) is 6.23.